The van der Waals surface area contributed by atoms with E-state index in [1.54, 1.807) is 26.0 Å². The van der Waals surface area contributed by atoms with E-state index < -0.39 is 21.3 Å². The Bertz CT molecular complexity index is 697. The number of aryl methyl sites for hydroxylation is 1. The molecule has 0 atom stereocenters. The van der Waals surface area contributed by atoms with Crippen molar-refractivity contribution in [2.24, 2.45) is 5.41 Å². The molecule has 0 saturated heterocycles. The zero-order valence-corrected chi connectivity index (χ0v) is 14.1. The molecule has 1 amide bonds. The third-order valence-electron chi connectivity index (χ3n) is 4.12. The third-order valence-corrected chi connectivity index (χ3v) is 6.08. The Kier molecular flexibility index (Phi) is 4.63. The first-order valence-electron chi connectivity index (χ1n) is 7.00. The minimum atomic E-state index is -4.04. The predicted molar refractivity (Wildman–Crippen MR) is 83.1 cm³/mol. The topological polar surface area (TPSA) is 80.3 Å². The van der Waals surface area contributed by atoms with Crippen LogP contribution in [0.5, 0.6) is 0 Å². The van der Waals surface area contributed by atoms with Crippen LogP contribution in [0.25, 0.3) is 0 Å². The number of nitrogens with one attached hydrogen (secondary N) is 1. The molecule has 0 unspecified atom stereocenters. The van der Waals surface area contributed by atoms with Crippen molar-refractivity contribution in [3.8, 4) is 0 Å². The molecule has 1 aliphatic carbocycles. The molecule has 1 aromatic carbocycles. The van der Waals surface area contributed by atoms with E-state index in [0.29, 0.717) is 31.2 Å². The van der Waals surface area contributed by atoms with Gasteiger partial charge in [0.2, 0.25) is 5.91 Å². The van der Waals surface area contributed by atoms with Crippen molar-refractivity contribution in [2.75, 3.05) is 0 Å². The molecule has 7 heteroatoms. The zero-order chi connectivity index (χ0) is 16.5. The molecular formula is C15H18ClNO4S. The molecule has 0 aliphatic heterocycles. The van der Waals surface area contributed by atoms with Crippen molar-refractivity contribution in [2.45, 2.75) is 44.4 Å². The Morgan fingerprint density at radius 2 is 1.86 bits per heavy atom. The van der Waals surface area contributed by atoms with Crippen molar-refractivity contribution >= 4 is 33.3 Å². The summed E-state index contributed by atoms with van der Waals surface area (Å²) < 4.78 is 27.0. The summed E-state index contributed by atoms with van der Waals surface area (Å²) in [5.41, 5.74) is -0.382. The van der Waals surface area contributed by atoms with Gasteiger partial charge < -0.3 is 0 Å². The van der Waals surface area contributed by atoms with Gasteiger partial charge in [-0.05, 0) is 31.4 Å². The lowest BCUT2D eigenvalue weighted by Gasteiger charge is -2.31. The van der Waals surface area contributed by atoms with Crippen LogP contribution in [0.4, 0.5) is 0 Å². The average Bonchev–Trinajstić information content (AvgIpc) is 2.41. The molecule has 0 spiro atoms. The number of carbonyl (C=O) groups is 2. The first kappa shape index (κ1) is 17.0. The highest BCUT2D eigenvalue weighted by atomic mass is 35.5. The fourth-order valence-corrected chi connectivity index (χ4v) is 4.50. The van der Waals surface area contributed by atoms with Gasteiger partial charge in [-0.1, -0.05) is 30.7 Å². The number of halogens is 1. The van der Waals surface area contributed by atoms with Gasteiger partial charge in [-0.15, -0.1) is 0 Å². The number of hydrogen-bond acceptors (Lipinski definition) is 4. The van der Waals surface area contributed by atoms with Crippen LogP contribution in [0.1, 0.15) is 38.2 Å². The lowest BCUT2D eigenvalue weighted by atomic mass is 9.75. The summed E-state index contributed by atoms with van der Waals surface area (Å²) >= 11 is 5.96. The molecule has 0 radical (unpaired) electrons. The van der Waals surface area contributed by atoms with Gasteiger partial charge in [0.1, 0.15) is 10.7 Å². The third kappa shape index (κ3) is 3.33. The number of sulfonamides is 1. The van der Waals surface area contributed by atoms with Gasteiger partial charge in [0.05, 0.1) is 5.02 Å². The highest BCUT2D eigenvalue weighted by Gasteiger charge is 2.39. The van der Waals surface area contributed by atoms with Gasteiger partial charge in [0.25, 0.3) is 10.0 Å². The number of rotatable bonds is 3. The summed E-state index contributed by atoms with van der Waals surface area (Å²) in [6.07, 6.45) is 1.31. The van der Waals surface area contributed by atoms with E-state index in [2.05, 4.69) is 4.72 Å². The summed E-state index contributed by atoms with van der Waals surface area (Å²) in [5, 5.41) is 0.0734. The van der Waals surface area contributed by atoms with Gasteiger partial charge in [0, 0.05) is 18.3 Å². The molecule has 1 aliphatic rings. The second kappa shape index (κ2) is 6.01. The Morgan fingerprint density at radius 1 is 1.27 bits per heavy atom. The van der Waals surface area contributed by atoms with Crippen LogP contribution in [-0.2, 0) is 19.6 Å². The molecule has 120 valence electrons. The van der Waals surface area contributed by atoms with Crippen molar-refractivity contribution in [3.05, 3.63) is 28.8 Å². The Labute approximate surface area is 135 Å². The number of Topliss-reactive ketones (excluding diaryl/α,β-unsaturated/α-hetero) is 1. The molecule has 1 N–H and O–H groups in total. The van der Waals surface area contributed by atoms with Gasteiger partial charge in [-0.25, -0.2) is 13.1 Å². The number of ketones is 1. The van der Waals surface area contributed by atoms with Crippen LogP contribution in [0.15, 0.2) is 23.1 Å². The first-order chi connectivity index (χ1) is 10.2. The van der Waals surface area contributed by atoms with E-state index in [-0.39, 0.29) is 15.7 Å². The Balaban J connectivity index is 2.26. The molecular weight excluding hydrogens is 326 g/mol. The van der Waals surface area contributed by atoms with Crippen molar-refractivity contribution in [3.63, 3.8) is 0 Å². The number of hydrogen-bond donors (Lipinski definition) is 1. The van der Waals surface area contributed by atoms with E-state index in [4.69, 9.17) is 11.6 Å². The maximum Gasteiger partial charge on any atom is 0.265 e. The highest BCUT2D eigenvalue weighted by Crippen LogP contribution is 2.35. The minimum Gasteiger partial charge on any atom is -0.300 e. The second-order valence-corrected chi connectivity index (χ2v) is 7.95. The van der Waals surface area contributed by atoms with E-state index in [0.717, 1.165) is 0 Å². The van der Waals surface area contributed by atoms with Gasteiger partial charge >= 0.3 is 0 Å². The summed E-state index contributed by atoms with van der Waals surface area (Å²) in [6, 6.07) is 4.73. The van der Waals surface area contributed by atoms with Crippen LogP contribution < -0.4 is 4.72 Å². The molecule has 1 saturated carbocycles. The van der Waals surface area contributed by atoms with Crippen molar-refractivity contribution in [1.29, 1.82) is 0 Å². The molecule has 1 aromatic rings. The lowest BCUT2D eigenvalue weighted by Crippen LogP contribution is -2.44. The number of benzene rings is 1. The molecule has 5 nitrogen and oxygen atoms in total. The van der Waals surface area contributed by atoms with Crippen molar-refractivity contribution in [1.82, 2.24) is 4.72 Å². The predicted octanol–water partition coefficient (Wildman–Crippen LogP) is 2.60. The van der Waals surface area contributed by atoms with E-state index in [9.17, 15) is 18.0 Å². The first-order valence-corrected chi connectivity index (χ1v) is 8.86. The van der Waals surface area contributed by atoms with Crippen LogP contribution in [0.2, 0.25) is 5.02 Å². The maximum absolute atomic E-state index is 12.5. The molecule has 1 fully saturated rings. The maximum atomic E-state index is 12.5. The lowest BCUT2D eigenvalue weighted by molar-refractivity contribution is -0.132. The Hall–Kier alpha value is -1.40. The van der Waals surface area contributed by atoms with Crippen LogP contribution in [0.3, 0.4) is 0 Å². The summed E-state index contributed by atoms with van der Waals surface area (Å²) in [5.74, 6) is -0.477. The molecule has 0 heterocycles. The van der Waals surface area contributed by atoms with Gasteiger partial charge in [-0.3, -0.25) is 9.59 Å². The number of amides is 1. The molecule has 0 bridgehead atoms. The highest BCUT2D eigenvalue weighted by molar-refractivity contribution is 7.90. The smallest absolute Gasteiger partial charge is 0.265 e. The summed E-state index contributed by atoms with van der Waals surface area (Å²) in [4.78, 5) is 23.6. The molecule has 22 heavy (non-hydrogen) atoms. The fourth-order valence-electron chi connectivity index (χ4n) is 2.56. The zero-order valence-electron chi connectivity index (χ0n) is 12.5. The van der Waals surface area contributed by atoms with E-state index in [1.807, 2.05) is 0 Å². The van der Waals surface area contributed by atoms with Gasteiger partial charge in [0.15, 0.2) is 0 Å². The second-order valence-electron chi connectivity index (χ2n) is 5.92. The largest absolute Gasteiger partial charge is 0.300 e. The van der Waals surface area contributed by atoms with E-state index >= 15 is 0 Å². The Morgan fingerprint density at radius 3 is 2.41 bits per heavy atom. The van der Waals surface area contributed by atoms with Gasteiger partial charge in [-0.2, -0.15) is 0 Å². The van der Waals surface area contributed by atoms with Crippen LogP contribution in [0, 0.1) is 12.3 Å². The van der Waals surface area contributed by atoms with Crippen LogP contribution >= 0.6 is 11.6 Å². The average molecular weight is 344 g/mol. The fraction of sp³-hybridized carbons (Fsp3) is 0.467. The van der Waals surface area contributed by atoms with E-state index in [1.165, 1.54) is 6.07 Å². The monoisotopic (exact) mass is 343 g/mol. The normalized spacial score (nSPS) is 18.0. The standard InChI is InChI=1S/C15H18ClNO4S/c1-10-4-3-5-12(16)13(10)22(20,21)17-14(19)15(2)8-6-11(18)7-9-15/h3-5H,6-9H2,1-2H3,(H,17,19). The van der Waals surface area contributed by atoms with Crippen molar-refractivity contribution < 1.29 is 18.0 Å². The number of carbonyl (C=O) groups excluding carboxylic acids is 2. The quantitative estimate of drug-likeness (QED) is 0.914. The summed E-state index contributed by atoms with van der Waals surface area (Å²) in [6.45, 7) is 3.30. The SMILES string of the molecule is Cc1cccc(Cl)c1S(=O)(=O)NC(=O)C1(C)CCC(=O)CC1. The summed E-state index contributed by atoms with van der Waals surface area (Å²) in [7, 11) is -4.04. The minimum absolute atomic E-state index is 0.0734. The molecule has 2 rings (SSSR count). The molecule has 0 aromatic heterocycles. The van der Waals surface area contributed by atoms with Crippen LogP contribution in [-0.4, -0.2) is 20.1 Å².